The highest BCUT2D eigenvalue weighted by Gasteiger charge is 2.20. The molecule has 0 fully saturated rings. The molecular formula is C14H19NO4. The van der Waals surface area contributed by atoms with Gasteiger partial charge in [0.25, 0.3) is 0 Å². The fraction of sp³-hybridized carbons (Fsp3) is 0.429. The molecule has 0 saturated carbocycles. The number of phenolic OH excluding ortho intramolecular Hbond substituents is 1. The van der Waals surface area contributed by atoms with Crippen LogP contribution in [0.25, 0.3) is 0 Å². The Morgan fingerprint density at radius 1 is 1.21 bits per heavy atom. The number of amides is 1. The molecule has 1 atom stereocenters. The van der Waals surface area contributed by atoms with Crippen LogP contribution in [0.2, 0.25) is 0 Å². The first-order valence-corrected chi connectivity index (χ1v) is 6.18. The fourth-order valence-corrected chi connectivity index (χ4v) is 1.69. The first-order valence-electron chi connectivity index (χ1n) is 6.18. The Hall–Kier alpha value is -2.04. The molecule has 0 radical (unpaired) electrons. The highest BCUT2D eigenvalue weighted by molar-refractivity contribution is 5.83. The molecule has 1 aromatic carbocycles. The van der Waals surface area contributed by atoms with Gasteiger partial charge in [0.05, 0.1) is 0 Å². The van der Waals surface area contributed by atoms with E-state index in [1.165, 1.54) is 12.1 Å². The van der Waals surface area contributed by atoms with Crippen molar-refractivity contribution in [1.29, 1.82) is 0 Å². The van der Waals surface area contributed by atoms with Crippen molar-refractivity contribution in [3.63, 3.8) is 0 Å². The molecule has 0 aromatic heterocycles. The van der Waals surface area contributed by atoms with E-state index in [4.69, 9.17) is 10.2 Å². The first-order chi connectivity index (χ1) is 8.88. The number of carbonyl (C=O) groups excluding carboxylic acids is 1. The van der Waals surface area contributed by atoms with Gasteiger partial charge >= 0.3 is 5.97 Å². The summed E-state index contributed by atoms with van der Waals surface area (Å²) in [7, 11) is 0. The van der Waals surface area contributed by atoms with Crippen LogP contribution < -0.4 is 5.32 Å². The highest BCUT2D eigenvalue weighted by atomic mass is 16.4. The van der Waals surface area contributed by atoms with E-state index in [0.29, 0.717) is 6.42 Å². The molecule has 0 heterocycles. The van der Waals surface area contributed by atoms with Gasteiger partial charge in [-0.25, -0.2) is 4.79 Å². The molecule has 5 heteroatoms. The van der Waals surface area contributed by atoms with Gasteiger partial charge in [0.2, 0.25) is 5.91 Å². The number of rotatable bonds is 6. The summed E-state index contributed by atoms with van der Waals surface area (Å²) >= 11 is 0. The lowest BCUT2D eigenvalue weighted by Crippen LogP contribution is -2.42. The number of carboxylic acids is 1. The van der Waals surface area contributed by atoms with E-state index in [-0.39, 0.29) is 24.0 Å². The molecule has 104 valence electrons. The second-order valence-electron chi connectivity index (χ2n) is 4.93. The summed E-state index contributed by atoms with van der Waals surface area (Å²) in [6.07, 6.45) is 0.499. The van der Waals surface area contributed by atoms with Gasteiger partial charge in [0.15, 0.2) is 0 Å². The largest absolute Gasteiger partial charge is 0.508 e. The lowest BCUT2D eigenvalue weighted by atomic mass is 10.0. The van der Waals surface area contributed by atoms with Crippen LogP contribution in [-0.4, -0.2) is 28.1 Å². The third-order valence-corrected chi connectivity index (χ3v) is 2.60. The predicted molar refractivity (Wildman–Crippen MR) is 70.8 cm³/mol. The van der Waals surface area contributed by atoms with Gasteiger partial charge in [-0.3, -0.25) is 4.79 Å². The molecule has 0 aliphatic rings. The number of hydrogen-bond acceptors (Lipinski definition) is 3. The molecular weight excluding hydrogens is 246 g/mol. The second kappa shape index (κ2) is 6.78. The first kappa shape index (κ1) is 15.0. The lowest BCUT2D eigenvalue weighted by molar-refractivity contribution is -0.141. The fourth-order valence-electron chi connectivity index (χ4n) is 1.69. The smallest absolute Gasteiger partial charge is 0.326 e. The molecule has 19 heavy (non-hydrogen) atoms. The van der Waals surface area contributed by atoms with Crippen LogP contribution in [0.15, 0.2) is 24.3 Å². The van der Waals surface area contributed by atoms with Gasteiger partial charge < -0.3 is 15.5 Å². The van der Waals surface area contributed by atoms with Gasteiger partial charge in [-0.05, 0) is 23.6 Å². The van der Waals surface area contributed by atoms with E-state index in [0.717, 1.165) is 5.56 Å². The Labute approximate surface area is 112 Å². The molecule has 0 saturated heterocycles. The molecule has 1 amide bonds. The van der Waals surface area contributed by atoms with Crippen LogP contribution in [-0.2, 0) is 16.0 Å². The Bertz CT molecular complexity index is 439. The number of benzene rings is 1. The summed E-state index contributed by atoms with van der Waals surface area (Å²) in [5, 5.41) is 20.8. The second-order valence-corrected chi connectivity index (χ2v) is 4.93. The summed E-state index contributed by atoms with van der Waals surface area (Å²) in [5.74, 6) is -1.02. The summed E-state index contributed by atoms with van der Waals surface area (Å²) in [4.78, 5) is 22.7. The van der Waals surface area contributed by atoms with Crippen LogP contribution >= 0.6 is 0 Å². The van der Waals surface area contributed by atoms with Gasteiger partial charge in [0, 0.05) is 12.8 Å². The normalized spacial score (nSPS) is 12.2. The quantitative estimate of drug-likeness (QED) is 0.728. The number of phenols is 1. The standard InChI is InChI=1S/C14H19NO4/c1-9(2)7-13(17)15-12(14(18)19)8-10-3-5-11(16)6-4-10/h3-6,9,12,16H,7-8H2,1-2H3,(H,15,17)(H,18,19)/t12-/m0/s1. The third kappa shape index (κ3) is 5.42. The van der Waals surface area contributed by atoms with Crippen molar-refractivity contribution in [3.8, 4) is 5.75 Å². The molecule has 0 spiro atoms. The highest BCUT2D eigenvalue weighted by Crippen LogP contribution is 2.11. The van der Waals surface area contributed by atoms with E-state index in [1.54, 1.807) is 12.1 Å². The van der Waals surface area contributed by atoms with Crippen LogP contribution in [0, 0.1) is 5.92 Å². The summed E-state index contributed by atoms with van der Waals surface area (Å²) in [6, 6.07) is 5.31. The molecule has 5 nitrogen and oxygen atoms in total. The number of carbonyl (C=O) groups is 2. The monoisotopic (exact) mass is 265 g/mol. The minimum absolute atomic E-state index is 0.125. The molecule has 1 rings (SSSR count). The van der Waals surface area contributed by atoms with Gasteiger partial charge in [0.1, 0.15) is 11.8 Å². The van der Waals surface area contributed by atoms with Crippen molar-refractivity contribution in [3.05, 3.63) is 29.8 Å². The number of carboxylic acid groups (broad SMARTS) is 1. The Balaban J connectivity index is 2.65. The molecule has 1 aromatic rings. The summed E-state index contributed by atoms with van der Waals surface area (Å²) in [5.41, 5.74) is 0.745. The molecule has 0 aliphatic carbocycles. The SMILES string of the molecule is CC(C)CC(=O)N[C@@H](Cc1ccc(O)cc1)C(=O)O. The Morgan fingerprint density at radius 3 is 2.26 bits per heavy atom. The third-order valence-electron chi connectivity index (χ3n) is 2.60. The van der Waals surface area contributed by atoms with Crippen LogP contribution in [0.5, 0.6) is 5.75 Å². The number of aromatic hydroxyl groups is 1. The van der Waals surface area contributed by atoms with Gasteiger partial charge in [-0.2, -0.15) is 0 Å². The average molecular weight is 265 g/mol. The zero-order chi connectivity index (χ0) is 14.4. The topological polar surface area (TPSA) is 86.6 Å². The molecule has 0 aliphatic heterocycles. The van der Waals surface area contributed by atoms with E-state index in [2.05, 4.69) is 5.32 Å². The minimum atomic E-state index is -1.06. The van der Waals surface area contributed by atoms with Crippen LogP contribution in [0.4, 0.5) is 0 Å². The molecule has 0 bridgehead atoms. The maximum Gasteiger partial charge on any atom is 0.326 e. The van der Waals surface area contributed by atoms with Crippen molar-refractivity contribution in [2.24, 2.45) is 5.92 Å². The average Bonchev–Trinajstić information content (AvgIpc) is 2.29. The van der Waals surface area contributed by atoms with E-state index in [9.17, 15) is 9.59 Å². The predicted octanol–water partition coefficient (Wildman–Crippen LogP) is 1.55. The van der Waals surface area contributed by atoms with Crippen LogP contribution in [0.3, 0.4) is 0 Å². The Morgan fingerprint density at radius 2 is 1.79 bits per heavy atom. The van der Waals surface area contributed by atoms with Crippen molar-refractivity contribution in [2.45, 2.75) is 32.7 Å². The van der Waals surface area contributed by atoms with Crippen molar-refractivity contribution < 1.29 is 19.8 Å². The van der Waals surface area contributed by atoms with Gasteiger partial charge in [-0.15, -0.1) is 0 Å². The molecule has 3 N–H and O–H groups in total. The van der Waals surface area contributed by atoms with E-state index in [1.807, 2.05) is 13.8 Å². The van der Waals surface area contributed by atoms with Crippen LogP contribution in [0.1, 0.15) is 25.8 Å². The zero-order valence-corrected chi connectivity index (χ0v) is 11.1. The number of aliphatic carboxylic acids is 1. The zero-order valence-electron chi connectivity index (χ0n) is 11.1. The Kier molecular flexibility index (Phi) is 5.36. The van der Waals surface area contributed by atoms with E-state index >= 15 is 0 Å². The molecule has 0 unspecified atom stereocenters. The maximum atomic E-state index is 11.6. The maximum absolute atomic E-state index is 11.6. The van der Waals surface area contributed by atoms with Gasteiger partial charge in [-0.1, -0.05) is 26.0 Å². The van der Waals surface area contributed by atoms with Crippen molar-refractivity contribution in [2.75, 3.05) is 0 Å². The number of nitrogens with one attached hydrogen (secondary N) is 1. The van der Waals surface area contributed by atoms with Crippen molar-refractivity contribution >= 4 is 11.9 Å². The minimum Gasteiger partial charge on any atom is -0.508 e. The van der Waals surface area contributed by atoms with Crippen molar-refractivity contribution in [1.82, 2.24) is 5.32 Å². The van der Waals surface area contributed by atoms with E-state index < -0.39 is 12.0 Å². The number of hydrogen-bond donors (Lipinski definition) is 3. The lowest BCUT2D eigenvalue weighted by Gasteiger charge is -2.15. The summed E-state index contributed by atoms with van der Waals surface area (Å²) in [6.45, 7) is 3.80. The summed E-state index contributed by atoms with van der Waals surface area (Å²) < 4.78 is 0.